The number of fused-ring (bicyclic) bond motifs is 7. The van der Waals surface area contributed by atoms with E-state index in [4.69, 9.17) is 5.73 Å². The fourth-order valence-corrected chi connectivity index (χ4v) is 6.65. The molecule has 0 aliphatic carbocycles. The van der Waals surface area contributed by atoms with E-state index in [9.17, 15) is 0 Å². The van der Waals surface area contributed by atoms with Gasteiger partial charge in [0.25, 0.3) is 0 Å². The maximum absolute atomic E-state index is 5.95. The van der Waals surface area contributed by atoms with Crippen LogP contribution in [-0.2, 0) is 12.3 Å². The summed E-state index contributed by atoms with van der Waals surface area (Å²) in [7, 11) is -0.107. The third-order valence-corrected chi connectivity index (χ3v) is 7.98. The van der Waals surface area contributed by atoms with Crippen molar-refractivity contribution in [3.05, 3.63) is 83.9 Å². The molecule has 0 bridgehead atoms. The molecule has 0 amide bonds. The largest absolute Gasteiger partial charge is 0.330 e. The van der Waals surface area contributed by atoms with Crippen LogP contribution in [0.5, 0.6) is 0 Å². The number of hydrogen-bond acceptors (Lipinski definition) is 1. The van der Waals surface area contributed by atoms with Crippen LogP contribution in [0.3, 0.4) is 0 Å². The summed E-state index contributed by atoms with van der Waals surface area (Å²) in [5.41, 5.74) is 11.9. The van der Waals surface area contributed by atoms with Crippen molar-refractivity contribution in [2.24, 2.45) is 5.73 Å². The molecule has 0 saturated carbocycles. The quantitative estimate of drug-likeness (QED) is 0.356. The molecule has 1 nitrogen and oxygen atoms in total. The summed E-state index contributed by atoms with van der Waals surface area (Å²) in [5.74, 6) is 0. The van der Waals surface area contributed by atoms with E-state index in [0.29, 0.717) is 0 Å². The van der Waals surface area contributed by atoms with Gasteiger partial charge in [-0.15, -0.1) is 0 Å². The smallest absolute Gasteiger partial charge is 0 e. The van der Waals surface area contributed by atoms with Gasteiger partial charge in [-0.1, -0.05) is 80.7 Å². The highest BCUT2D eigenvalue weighted by molar-refractivity contribution is 7.56. The van der Waals surface area contributed by atoms with E-state index < -0.39 is 0 Å². The SMILES string of the molecule is NCCP1Cc2ccc3ccccc3c2-c2c(ccc3ccccc23)C1.[B]. The van der Waals surface area contributed by atoms with Crippen molar-refractivity contribution in [2.45, 2.75) is 12.3 Å². The first-order valence-electron chi connectivity index (χ1n) is 9.29. The summed E-state index contributed by atoms with van der Waals surface area (Å²) >= 11 is 0. The summed E-state index contributed by atoms with van der Waals surface area (Å²) in [6.45, 7) is 0.789. The third-order valence-electron chi connectivity index (χ3n) is 5.51. The standard InChI is InChI=1S/C24H22NP.B/c25-13-14-26-15-19-11-9-17-5-1-3-7-21(17)23(19)24-20(16-26)12-10-18-6-2-4-8-22(18)24;/h1-12H,13-16,25H2;. The minimum atomic E-state index is -0.107. The zero-order valence-corrected chi connectivity index (χ0v) is 16.3. The van der Waals surface area contributed by atoms with Gasteiger partial charge in [0.2, 0.25) is 0 Å². The third kappa shape index (κ3) is 3.08. The van der Waals surface area contributed by atoms with E-state index in [1.54, 1.807) is 0 Å². The highest BCUT2D eigenvalue weighted by Crippen LogP contribution is 2.52. The lowest BCUT2D eigenvalue weighted by atomic mass is 9.88. The average Bonchev–Trinajstić information content (AvgIpc) is 2.84. The lowest BCUT2D eigenvalue weighted by Gasteiger charge is -2.15. The van der Waals surface area contributed by atoms with E-state index >= 15 is 0 Å². The van der Waals surface area contributed by atoms with Crippen LogP contribution in [0, 0.1) is 0 Å². The predicted molar refractivity (Wildman–Crippen MR) is 121 cm³/mol. The summed E-state index contributed by atoms with van der Waals surface area (Å²) in [5, 5.41) is 5.42. The molecule has 3 radical (unpaired) electrons. The Labute approximate surface area is 163 Å². The molecule has 1 aliphatic rings. The second-order valence-electron chi connectivity index (χ2n) is 7.14. The van der Waals surface area contributed by atoms with Crippen LogP contribution in [0.4, 0.5) is 0 Å². The Morgan fingerprint density at radius 3 is 1.63 bits per heavy atom. The van der Waals surface area contributed by atoms with Crippen molar-refractivity contribution in [2.75, 3.05) is 12.7 Å². The molecule has 0 unspecified atom stereocenters. The Morgan fingerprint density at radius 1 is 0.667 bits per heavy atom. The topological polar surface area (TPSA) is 26.0 Å². The van der Waals surface area contributed by atoms with Gasteiger partial charge in [0.15, 0.2) is 0 Å². The molecule has 1 aliphatic heterocycles. The molecular formula is C24H22BNP. The predicted octanol–water partition coefficient (Wildman–Crippen LogP) is 5.73. The van der Waals surface area contributed by atoms with Crippen LogP contribution >= 0.6 is 7.92 Å². The molecule has 27 heavy (non-hydrogen) atoms. The van der Waals surface area contributed by atoms with Crippen LogP contribution in [0.15, 0.2) is 72.8 Å². The Balaban J connectivity index is 0.00000180. The molecule has 4 aromatic carbocycles. The maximum atomic E-state index is 5.95. The molecule has 1 heterocycles. The number of benzene rings is 4. The fraction of sp³-hybridized carbons (Fsp3) is 0.167. The molecule has 5 rings (SSSR count). The van der Waals surface area contributed by atoms with Crippen LogP contribution in [0.25, 0.3) is 32.7 Å². The first-order chi connectivity index (χ1) is 12.8. The maximum Gasteiger partial charge on any atom is 0 e. The molecular weight excluding hydrogens is 344 g/mol. The molecule has 0 fully saturated rings. The zero-order chi connectivity index (χ0) is 17.5. The highest BCUT2D eigenvalue weighted by atomic mass is 31.1. The minimum Gasteiger partial charge on any atom is -0.330 e. The van der Waals surface area contributed by atoms with Gasteiger partial charge in [-0.3, -0.25) is 0 Å². The van der Waals surface area contributed by atoms with Gasteiger partial charge in [0.05, 0.1) is 0 Å². The van der Waals surface area contributed by atoms with Gasteiger partial charge in [-0.05, 0) is 68.8 Å². The van der Waals surface area contributed by atoms with Gasteiger partial charge in [0, 0.05) is 8.41 Å². The zero-order valence-electron chi connectivity index (χ0n) is 15.4. The van der Waals surface area contributed by atoms with Crippen LogP contribution in [0.1, 0.15) is 11.1 Å². The van der Waals surface area contributed by atoms with Crippen molar-refractivity contribution < 1.29 is 0 Å². The van der Waals surface area contributed by atoms with Crippen molar-refractivity contribution in [3.63, 3.8) is 0 Å². The minimum absolute atomic E-state index is 0. The van der Waals surface area contributed by atoms with Gasteiger partial charge in [0.1, 0.15) is 0 Å². The summed E-state index contributed by atoms with van der Waals surface area (Å²) in [6, 6.07) is 26.9. The normalized spacial score (nSPS) is 13.7. The van der Waals surface area contributed by atoms with E-state index in [2.05, 4.69) is 72.8 Å². The Bertz CT molecular complexity index is 1030. The summed E-state index contributed by atoms with van der Waals surface area (Å²) in [6.07, 6.45) is 3.50. The Hall–Kier alpha value is -2.15. The number of hydrogen-bond donors (Lipinski definition) is 1. The molecule has 4 aromatic rings. The van der Waals surface area contributed by atoms with Crippen LogP contribution in [0.2, 0.25) is 0 Å². The molecule has 0 spiro atoms. The van der Waals surface area contributed by atoms with Gasteiger partial charge >= 0.3 is 0 Å². The summed E-state index contributed by atoms with van der Waals surface area (Å²) < 4.78 is 0. The first kappa shape index (κ1) is 18.2. The second kappa shape index (κ2) is 7.47. The number of rotatable bonds is 2. The highest BCUT2D eigenvalue weighted by Gasteiger charge is 2.23. The van der Waals surface area contributed by atoms with E-state index in [0.717, 1.165) is 12.7 Å². The number of nitrogens with two attached hydrogens (primary N) is 1. The van der Waals surface area contributed by atoms with Crippen molar-refractivity contribution in [1.82, 2.24) is 0 Å². The monoisotopic (exact) mass is 366 g/mol. The van der Waals surface area contributed by atoms with E-state index in [-0.39, 0.29) is 16.3 Å². The molecule has 131 valence electrons. The fourth-order valence-electron chi connectivity index (χ4n) is 4.37. The lowest BCUT2D eigenvalue weighted by Crippen LogP contribution is -2.05. The second-order valence-corrected chi connectivity index (χ2v) is 9.56. The molecule has 3 heteroatoms. The van der Waals surface area contributed by atoms with E-state index in [1.807, 2.05) is 0 Å². The van der Waals surface area contributed by atoms with Crippen molar-refractivity contribution in [3.8, 4) is 11.1 Å². The van der Waals surface area contributed by atoms with E-state index in [1.165, 1.54) is 56.1 Å². The molecule has 2 N–H and O–H groups in total. The summed E-state index contributed by atoms with van der Waals surface area (Å²) in [4.78, 5) is 0. The molecule has 0 aromatic heterocycles. The lowest BCUT2D eigenvalue weighted by molar-refractivity contribution is 1.12. The van der Waals surface area contributed by atoms with Gasteiger partial charge in [-0.2, -0.15) is 0 Å². The van der Waals surface area contributed by atoms with Gasteiger partial charge < -0.3 is 5.73 Å². The molecule has 0 atom stereocenters. The average molecular weight is 366 g/mol. The van der Waals surface area contributed by atoms with Gasteiger partial charge in [-0.25, -0.2) is 0 Å². The molecule has 0 saturated heterocycles. The van der Waals surface area contributed by atoms with Crippen LogP contribution in [-0.4, -0.2) is 21.1 Å². The Kier molecular flexibility index (Phi) is 5.04. The Morgan fingerprint density at radius 2 is 1.15 bits per heavy atom. The first-order valence-corrected chi connectivity index (χ1v) is 11.2. The van der Waals surface area contributed by atoms with Crippen molar-refractivity contribution >= 4 is 37.9 Å². The van der Waals surface area contributed by atoms with Crippen LogP contribution < -0.4 is 5.73 Å². The van der Waals surface area contributed by atoms with Crippen molar-refractivity contribution in [1.29, 1.82) is 0 Å².